The Bertz CT molecular complexity index is 1160. The van der Waals surface area contributed by atoms with Crippen molar-refractivity contribution in [1.29, 1.82) is 5.26 Å². The number of halogens is 1. The van der Waals surface area contributed by atoms with Gasteiger partial charge in [0.15, 0.2) is 0 Å². The SMILES string of the molecule is N#CC(=Cc1ccc(-c2ccc(Cl)c(C(=O)O)c2)o1)c1cccc([N+](=O)[O-])c1. The van der Waals surface area contributed by atoms with E-state index in [2.05, 4.69) is 0 Å². The lowest BCUT2D eigenvalue weighted by Crippen LogP contribution is -1.97. The van der Waals surface area contributed by atoms with Crippen LogP contribution in [0.5, 0.6) is 0 Å². The molecule has 2 aromatic carbocycles. The normalized spacial score (nSPS) is 11.1. The van der Waals surface area contributed by atoms with Gasteiger partial charge in [0, 0.05) is 17.7 Å². The van der Waals surface area contributed by atoms with Crippen LogP contribution >= 0.6 is 11.6 Å². The Morgan fingerprint density at radius 2 is 2.00 bits per heavy atom. The van der Waals surface area contributed by atoms with Crippen molar-refractivity contribution in [1.82, 2.24) is 0 Å². The number of carbonyl (C=O) groups is 1. The van der Waals surface area contributed by atoms with Crippen molar-refractivity contribution in [3.63, 3.8) is 0 Å². The van der Waals surface area contributed by atoms with Crippen LogP contribution in [0.15, 0.2) is 59.0 Å². The third-order valence-electron chi connectivity index (χ3n) is 3.88. The minimum Gasteiger partial charge on any atom is -0.478 e. The zero-order valence-electron chi connectivity index (χ0n) is 14.1. The van der Waals surface area contributed by atoms with E-state index in [1.165, 1.54) is 36.4 Å². The molecule has 0 saturated heterocycles. The van der Waals surface area contributed by atoms with Crippen molar-refractivity contribution in [3.05, 3.63) is 86.6 Å². The summed E-state index contributed by atoms with van der Waals surface area (Å²) >= 11 is 5.87. The molecule has 1 heterocycles. The number of nitriles is 1. The summed E-state index contributed by atoms with van der Waals surface area (Å²) in [5, 5.41) is 29.6. The number of nitro benzene ring substituents is 1. The van der Waals surface area contributed by atoms with E-state index >= 15 is 0 Å². The fourth-order valence-electron chi connectivity index (χ4n) is 2.54. The van der Waals surface area contributed by atoms with Crippen molar-refractivity contribution >= 4 is 34.9 Å². The highest BCUT2D eigenvalue weighted by Gasteiger charge is 2.13. The molecule has 0 unspecified atom stereocenters. The fourth-order valence-corrected chi connectivity index (χ4v) is 2.74. The van der Waals surface area contributed by atoms with Crippen LogP contribution < -0.4 is 0 Å². The van der Waals surface area contributed by atoms with Crippen molar-refractivity contribution in [3.8, 4) is 17.4 Å². The van der Waals surface area contributed by atoms with Crippen LogP contribution in [0.1, 0.15) is 21.7 Å². The maximum atomic E-state index is 11.2. The number of hydrogen-bond acceptors (Lipinski definition) is 5. The lowest BCUT2D eigenvalue weighted by Gasteiger charge is -2.02. The average Bonchev–Trinajstić information content (AvgIpc) is 3.15. The molecule has 138 valence electrons. The Hall–Kier alpha value is -3.89. The Labute approximate surface area is 163 Å². The number of furan rings is 1. The summed E-state index contributed by atoms with van der Waals surface area (Å²) in [6.07, 6.45) is 1.45. The van der Waals surface area contributed by atoms with Crippen LogP contribution in [0.25, 0.3) is 23.0 Å². The van der Waals surface area contributed by atoms with E-state index in [0.29, 0.717) is 22.6 Å². The van der Waals surface area contributed by atoms with Crippen molar-refractivity contribution in [2.45, 2.75) is 0 Å². The molecule has 7 nitrogen and oxygen atoms in total. The second-order valence-corrected chi connectivity index (χ2v) is 6.09. The van der Waals surface area contributed by atoms with Crippen LogP contribution in [0, 0.1) is 21.4 Å². The van der Waals surface area contributed by atoms with Crippen LogP contribution in [-0.4, -0.2) is 16.0 Å². The molecule has 0 aliphatic heterocycles. The number of hydrogen-bond donors (Lipinski definition) is 1. The summed E-state index contributed by atoms with van der Waals surface area (Å²) in [6, 6.07) is 15.4. The number of aromatic carboxylic acids is 1. The molecule has 3 rings (SSSR count). The molecule has 0 amide bonds. The van der Waals surface area contributed by atoms with Gasteiger partial charge in [0.25, 0.3) is 5.69 Å². The zero-order valence-corrected chi connectivity index (χ0v) is 14.9. The molecule has 0 fully saturated rings. The predicted octanol–water partition coefficient (Wildman–Crippen LogP) is 5.27. The fraction of sp³-hybridized carbons (Fsp3) is 0. The quantitative estimate of drug-likeness (QED) is 0.357. The maximum absolute atomic E-state index is 11.2. The van der Waals surface area contributed by atoms with Gasteiger partial charge in [-0.3, -0.25) is 10.1 Å². The third kappa shape index (κ3) is 3.92. The Morgan fingerprint density at radius 1 is 1.21 bits per heavy atom. The number of allylic oxidation sites excluding steroid dienone is 1. The van der Waals surface area contributed by atoms with Crippen LogP contribution in [-0.2, 0) is 0 Å². The van der Waals surface area contributed by atoms with Crippen molar-refractivity contribution < 1.29 is 19.2 Å². The number of carboxylic acid groups (broad SMARTS) is 1. The Morgan fingerprint density at radius 3 is 2.68 bits per heavy atom. The Balaban J connectivity index is 1.96. The number of carboxylic acids is 1. The number of nitro groups is 1. The van der Waals surface area contributed by atoms with Gasteiger partial charge < -0.3 is 9.52 Å². The topological polar surface area (TPSA) is 117 Å². The van der Waals surface area contributed by atoms with Crippen molar-refractivity contribution in [2.75, 3.05) is 0 Å². The van der Waals surface area contributed by atoms with Gasteiger partial charge in [-0.05, 0) is 42.0 Å². The lowest BCUT2D eigenvalue weighted by molar-refractivity contribution is -0.384. The lowest BCUT2D eigenvalue weighted by atomic mass is 10.1. The van der Waals surface area contributed by atoms with Gasteiger partial charge in [-0.15, -0.1) is 0 Å². The van der Waals surface area contributed by atoms with Gasteiger partial charge in [0.05, 0.1) is 27.2 Å². The first kappa shape index (κ1) is 18.9. The van der Waals surface area contributed by atoms with E-state index in [4.69, 9.17) is 16.0 Å². The molecule has 8 heteroatoms. The molecule has 0 bridgehead atoms. The summed E-state index contributed by atoms with van der Waals surface area (Å²) in [4.78, 5) is 21.6. The molecule has 0 atom stereocenters. The molecule has 0 aliphatic carbocycles. The maximum Gasteiger partial charge on any atom is 0.337 e. The van der Waals surface area contributed by atoms with Gasteiger partial charge in [0.1, 0.15) is 11.5 Å². The first-order valence-electron chi connectivity index (χ1n) is 7.88. The van der Waals surface area contributed by atoms with Crippen LogP contribution in [0.4, 0.5) is 5.69 Å². The number of benzene rings is 2. The third-order valence-corrected chi connectivity index (χ3v) is 4.21. The van der Waals surface area contributed by atoms with Crippen molar-refractivity contribution in [2.24, 2.45) is 0 Å². The zero-order chi connectivity index (χ0) is 20.3. The molecule has 3 aromatic rings. The van der Waals surface area contributed by atoms with E-state index < -0.39 is 10.9 Å². The van der Waals surface area contributed by atoms with Crippen LogP contribution in [0.2, 0.25) is 5.02 Å². The van der Waals surface area contributed by atoms with E-state index in [9.17, 15) is 25.3 Å². The first-order chi connectivity index (χ1) is 13.4. The van der Waals surface area contributed by atoms with Gasteiger partial charge >= 0.3 is 5.97 Å². The predicted molar refractivity (Wildman–Crippen MR) is 103 cm³/mol. The molecule has 0 spiro atoms. The number of rotatable bonds is 5. The van der Waals surface area contributed by atoms with E-state index in [1.807, 2.05) is 6.07 Å². The van der Waals surface area contributed by atoms with Gasteiger partial charge in [-0.2, -0.15) is 5.26 Å². The molecule has 0 saturated carbocycles. The summed E-state index contributed by atoms with van der Waals surface area (Å²) < 4.78 is 5.68. The van der Waals surface area contributed by atoms with Gasteiger partial charge in [0.2, 0.25) is 0 Å². The summed E-state index contributed by atoms with van der Waals surface area (Å²) in [5.74, 6) is -0.428. The minimum absolute atomic E-state index is 0.0537. The minimum atomic E-state index is -1.16. The molecule has 0 aliphatic rings. The average molecular weight is 395 g/mol. The van der Waals surface area contributed by atoms with Gasteiger partial charge in [-0.25, -0.2) is 4.79 Å². The molecule has 1 N–H and O–H groups in total. The molecular formula is C20H11ClN2O5. The molecule has 1 aromatic heterocycles. The summed E-state index contributed by atoms with van der Waals surface area (Å²) in [5.41, 5.74) is 0.902. The van der Waals surface area contributed by atoms with E-state index in [1.54, 1.807) is 24.3 Å². The van der Waals surface area contributed by atoms with Crippen LogP contribution in [0.3, 0.4) is 0 Å². The summed E-state index contributed by atoms with van der Waals surface area (Å²) in [7, 11) is 0. The van der Waals surface area contributed by atoms with E-state index in [0.717, 1.165) is 0 Å². The number of non-ortho nitro benzene ring substituents is 1. The highest BCUT2D eigenvalue weighted by molar-refractivity contribution is 6.33. The monoisotopic (exact) mass is 394 g/mol. The second kappa shape index (κ2) is 7.78. The second-order valence-electron chi connectivity index (χ2n) is 5.68. The largest absolute Gasteiger partial charge is 0.478 e. The standard InChI is InChI=1S/C20H11ClN2O5/c21-18-6-4-13(10-17(18)20(24)25)19-7-5-16(28-19)9-14(11-22)12-2-1-3-15(8-12)23(26)27/h1-10H,(H,24,25). The summed E-state index contributed by atoms with van der Waals surface area (Å²) in [6.45, 7) is 0. The highest BCUT2D eigenvalue weighted by atomic mass is 35.5. The van der Waals surface area contributed by atoms with Gasteiger partial charge in [-0.1, -0.05) is 23.7 Å². The first-order valence-corrected chi connectivity index (χ1v) is 8.26. The molecule has 0 radical (unpaired) electrons. The van der Waals surface area contributed by atoms with E-state index in [-0.39, 0.29) is 21.8 Å². The Kier molecular flexibility index (Phi) is 5.25. The highest BCUT2D eigenvalue weighted by Crippen LogP contribution is 2.29. The molecule has 28 heavy (non-hydrogen) atoms. The molecular weight excluding hydrogens is 384 g/mol. The smallest absolute Gasteiger partial charge is 0.337 e. The number of nitrogens with zero attached hydrogens (tertiary/aromatic N) is 2.